The Hall–Kier alpha value is -5.07. The fraction of sp³-hybridized carbons (Fsp3) is 0.424. The van der Waals surface area contributed by atoms with Crippen LogP contribution in [-0.2, 0) is 38.6 Å². The van der Waals surface area contributed by atoms with Crippen molar-refractivity contribution < 1.29 is 28.5 Å². The van der Waals surface area contributed by atoms with Gasteiger partial charge in [0.05, 0.1) is 6.54 Å². The van der Waals surface area contributed by atoms with Crippen LogP contribution in [-0.4, -0.2) is 75.8 Å². The van der Waals surface area contributed by atoms with E-state index in [1.807, 2.05) is 50.2 Å². The van der Waals surface area contributed by atoms with E-state index >= 15 is 0 Å². The number of nitrogens with zero attached hydrogens (tertiary/aromatic N) is 3. The number of amides is 5. The SMILES string of the molecule is CC(C)C[C@H]1NC(=O)[C@@H](C)NC(=O)c2cc(on2)CN(C(=O)CCc2cccnc2)CCNC(=O)[C@@H](Cc2ccccc2)NC1=O. The Balaban J connectivity index is 1.59. The Bertz CT molecular complexity index is 1490. The second-order valence-electron chi connectivity index (χ2n) is 11.8. The first-order valence-corrected chi connectivity index (χ1v) is 15.4. The molecule has 2 bridgehead atoms. The summed E-state index contributed by atoms with van der Waals surface area (Å²) in [6.07, 6.45) is 4.51. The predicted molar refractivity (Wildman–Crippen MR) is 168 cm³/mol. The average molecular weight is 632 g/mol. The van der Waals surface area contributed by atoms with Gasteiger partial charge in [0.25, 0.3) is 5.91 Å². The second kappa shape index (κ2) is 16.3. The van der Waals surface area contributed by atoms with E-state index in [0.717, 1.165) is 11.1 Å². The van der Waals surface area contributed by atoms with Gasteiger partial charge in [0, 0.05) is 44.4 Å². The van der Waals surface area contributed by atoms with Gasteiger partial charge in [-0.1, -0.05) is 55.4 Å². The molecule has 13 heteroatoms. The number of aromatic nitrogens is 2. The molecule has 1 aliphatic rings. The molecule has 46 heavy (non-hydrogen) atoms. The molecule has 0 unspecified atom stereocenters. The molecule has 3 atom stereocenters. The highest BCUT2D eigenvalue weighted by molar-refractivity contribution is 5.97. The van der Waals surface area contributed by atoms with Crippen molar-refractivity contribution in [3.8, 4) is 0 Å². The van der Waals surface area contributed by atoms with Crippen molar-refractivity contribution in [3.05, 3.63) is 83.5 Å². The lowest BCUT2D eigenvalue weighted by atomic mass is 10.0. The summed E-state index contributed by atoms with van der Waals surface area (Å²) in [6.45, 7) is 5.54. The summed E-state index contributed by atoms with van der Waals surface area (Å²) in [7, 11) is 0. The molecular weight excluding hydrogens is 590 g/mol. The van der Waals surface area contributed by atoms with E-state index in [0.29, 0.717) is 12.8 Å². The minimum Gasteiger partial charge on any atom is -0.359 e. The fourth-order valence-corrected chi connectivity index (χ4v) is 5.03. The van der Waals surface area contributed by atoms with Crippen LogP contribution in [0, 0.1) is 5.92 Å². The molecule has 244 valence electrons. The van der Waals surface area contributed by atoms with Crippen LogP contribution in [0.25, 0.3) is 0 Å². The van der Waals surface area contributed by atoms with Gasteiger partial charge in [0.15, 0.2) is 11.5 Å². The molecule has 0 saturated carbocycles. The molecule has 4 rings (SSSR count). The minimum atomic E-state index is -1.01. The van der Waals surface area contributed by atoms with E-state index in [1.165, 1.54) is 17.9 Å². The number of fused-ring (bicyclic) bond motifs is 2. The normalized spacial score (nSPS) is 20.2. The monoisotopic (exact) mass is 631 g/mol. The standard InChI is InChI=1S/C33H41N7O6/c1-21(2)16-26-32(44)38-27(17-23-8-5-4-6-9-23)31(43)35-14-15-40(29(41)12-11-24-10-7-13-34-19-24)20-25-18-28(39-46-25)33(45)36-22(3)30(42)37-26/h4-10,13,18-19,21-22,26-27H,11-12,14-17,20H2,1-3H3,(H,35,43)(H,36,45)(H,37,42)(H,38,44)/t22-,26-,27-/m1/s1. The molecule has 3 aromatic rings. The van der Waals surface area contributed by atoms with Gasteiger partial charge >= 0.3 is 0 Å². The molecule has 0 saturated heterocycles. The number of carbonyl (C=O) groups is 5. The lowest BCUT2D eigenvalue weighted by Crippen LogP contribution is -2.57. The summed E-state index contributed by atoms with van der Waals surface area (Å²) in [5.74, 6) is -2.08. The molecule has 3 heterocycles. The van der Waals surface area contributed by atoms with Gasteiger partial charge in [-0.15, -0.1) is 0 Å². The second-order valence-corrected chi connectivity index (χ2v) is 11.8. The summed E-state index contributed by atoms with van der Waals surface area (Å²) in [6, 6.07) is 11.4. The van der Waals surface area contributed by atoms with Crippen molar-refractivity contribution >= 4 is 29.5 Å². The third-order valence-electron chi connectivity index (χ3n) is 7.52. The maximum atomic E-state index is 13.5. The lowest BCUT2D eigenvalue weighted by Gasteiger charge is -2.26. The molecule has 0 radical (unpaired) electrons. The quantitative estimate of drug-likeness (QED) is 0.304. The molecule has 0 aliphatic carbocycles. The van der Waals surface area contributed by atoms with E-state index in [4.69, 9.17) is 4.52 Å². The molecule has 4 N–H and O–H groups in total. The van der Waals surface area contributed by atoms with Crippen LogP contribution in [0.2, 0.25) is 0 Å². The number of hydrogen-bond donors (Lipinski definition) is 4. The molecule has 1 aliphatic heterocycles. The Labute approximate surface area is 267 Å². The summed E-state index contributed by atoms with van der Waals surface area (Å²) in [5, 5.41) is 14.8. The van der Waals surface area contributed by atoms with E-state index in [2.05, 4.69) is 31.4 Å². The van der Waals surface area contributed by atoms with Gasteiger partial charge in [-0.05, 0) is 42.9 Å². The summed E-state index contributed by atoms with van der Waals surface area (Å²) >= 11 is 0. The largest absolute Gasteiger partial charge is 0.359 e. The highest BCUT2D eigenvalue weighted by Gasteiger charge is 2.30. The zero-order valence-electron chi connectivity index (χ0n) is 26.3. The van der Waals surface area contributed by atoms with Crippen LogP contribution in [0.15, 0.2) is 65.4 Å². The molecular formula is C33H41N7O6. The molecule has 13 nitrogen and oxygen atoms in total. The fourth-order valence-electron chi connectivity index (χ4n) is 5.03. The predicted octanol–water partition coefficient (Wildman–Crippen LogP) is 1.54. The first-order chi connectivity index (χ1) is 22.1. The zero-order chi connectivity index (χ0) is 33.1. The van der Waals surface area contributed by atoms with E-state index in [1.54, 1.807) is 18.5 Å². The van der Waals surface area contributed by atoms with Crippen LogP contribution in [0.1, 0.15) is 61.0 Å². The van der Waals surface area contributed by atoms with Crippen molar-refractivity contribution in [2.45, 2.75) is 71.1 Å². The van der Waals surface area contributed by atoms with Gasteiger partial charge < -0.3 is 30.7 Å². The number of aryl methyl sites for hydroxylation is 1. The van der Waals surface area contributed by atoms with E-state index < -0.39 is 41.8 Å². The van der Waals surface area contributed by atoms with Gasteiger partial charge in [-0.3, -0.25) is 29.0 Å². The number of rotatable bonds is 7. The Kier molecular flexibility index (Phi) is 12.0. The highest BCUT2D eigenvalue weighted by Crippen LogP contribution is 2.12. The number of hydrogen-bond acceptors (Lipinski definition) is 8. The minimum absolute atomic E-state index is 0.000868. The summed E-state index contributed by atoms with van der Waals surface area (Å²) in [5.41, 5.74) is 1.67. The molecule has 2 aromatic heterocycles. The van der Waals surface area contributed by atoms with Crippen molar-refractivity contribution in [3.63, 3.8) is 0 Å². The summed E-state index contributed by atoms with van der Waals surface area (Å²) < 4.78 is 5.38. The van der Waals surface area contributed by atoms with Crippen molar-refractivity contribution in [2.24, 2.45) is 5.92 Å². The maximum Gasteiger partial charge on any atom is 0.274 e. The Morgan fingerprint density at radius 2 is 1.70 bits per heavy atom. The van der Waals surface area contributed by atoms with Gasteiger partial charge in [-0.2, -0.15) is 0 Å². The van der Waals surface area contributed by atoms with Crippen molar-refractivity contribution in [1.29, 1.82) is 0 Å². The summed E-state index contributed by atoms with van der Waals surface area (Å²) in [4.78, 5) is 72.1. The van der Waals surface area contributed by atoms with Gasteiger partial charge in [-0.25, -0.2) is 0 Å². The third-order valence-corrected chi connectivity index (χ3v) is 7.52. The van der Waals surface area contributed by atoms with Crippen molar-refractivity contribution in [1.82, 2.24) is 36.3 Å². The van der Waals surface area contributed by atoms with Crippen LogP contribution < -0.4 is 21.3 Å². The molecule has 0 fully saturated rings. The Morgan fingerprint density at radius 3 is 2.41 bits per heavy atom. The smallest absolute Gasteiger partial charge is 0.274 e. The Morgan fingerprint density at radius 1 is 0.957 bits per heavy atom. The van der Waals surface area contributed by atoms with E-state index in [-0.39, 0.29) is 55.8 Å². The molecule has 0 spiro atoms. The number of carbonyl (C=O) groups excluding carboxylic acids is 5. The molecule has 1 aromatic carbocycles. The van der Waals surface area contributed by atoms with Gasteiger partial charge in [0.1, 0.15) is 18.1 Å². The first-order valence-electron chi connectivity index (χ1n) is 15.4. The van der Waals surface area contributed by atoms with Gasteiger partial charge in [0.2, 0.25) is 23.6 Å². The molecule has 5 amide bonds. The lowest BCUT2D eigenvalue weighted by molar-refractivity contribution is -0.133. The average Bonchev–Trinajstić information content (AvgIpc) is 3.51. The number of nitrogens with one attached hydrogen (secondary N) is 4. The number of pyridine rings is 1. The van der Waals surface area contributed by atoms with Crippen LogP contribution in [0.4, 0.5) is 0 Å². The van der Waals surface area contributed by atoms with Crippen LogP contribution >= 0.6 is 0 Å². The van der Waals surface area contributed by atoms with Crippen LogP contribution in [0.5, 0.6) is 0 Å². The highest BCUT2D eigenvalue weighted by atomic mass is 16.5. The van der Waals surface area contributed by atoms with Crippen molar-refractivity contribution in [2.75, 3.05) is 13.1 Å². The zero-order valence-corrected chi connectivity index (χ0v) is 26.3. The maximum absolute atomic E-state index is 13.5. The first kappa shape index (κ1) is 33.8. The van der Waals surface area contributed by atoms with E-state index in [9.17, 15) is 24.0 Å². The van der Waals surface area contributed by atoms with Crippen LogP contribution in [0.3, 0.4) is 0 Å². The topological polar surface area (TPSA) is 176 Å². The number of benzene rings is 1. The third kappa shape index (κ3) is 9.98.